The number of nitriles is 1. The largest absolute Gasteiger partial charge is 0.381 e. The molecular formula is C11H16N4O. The molecule has 1 aliphatic rings. The fraction of sp³-hybridized carbons (Fsp3) is 0.727. The summed E-state index contributed by atoms with van der Waals surface area (Å²) in [5.74, 6) is 0.366. The van der Waals surface area contributed by atoms with Gasteiger partial charge in [0, 0.05) is 19.1 Å². The van der Waals surface area contributed by atoms with Crippen LogP contribution in [-0.2, 0) is 17.7 Å². The molecule has 1 aromatic heterocycles. The standard InChI is InChI=1S/C11H16N4O/c1-2-6-15-11(9-4-7-16-8-9)10(3-5-12)13-14-15/h9H,2-4,6-8H2,1H3. The molecular weight excluding hydrogens is 204 g/mol. The van der Waals surface area contributed by atoms with Crippen LogP contribution in [0.2, 0.25) is 0 Å². The summed E-state index contributed by atoms with van der Waals surface area (Å²) in [6.45, 7) is 4.51. The van der Waals surface area contributed by atoms with Crippen LogP contribution in [0.3, 0.4) is 0 Å². The predicted molar refractivity (Wildman–Crippen MR) is 57.8 cm³/mol. The summed E-state index contributed by atoms with van der Waals surface area (Å²) in [6, 6.07) is 2.15. The zero-order valence-corrected chi connectivity index (χ0v) is 9.52. The number of rotatable bonds is 4. The van der Waals surface area contributed by atoms with Crippen molar-refractivity contribution < 1.29 is 4.74 Å². The molecule has 0 aliphatic carbocycles. The van der Waals surface area contributed by atoms with E-state index in [1.165, 1.54) is 0 Å². The van der Waals surface area contributed by atoms with E-state index in [1.807, 2.05) is 4.68 Å². The van der Waals surface area contributed by atoms with Crippen molar-refractivity contribution in [2.45, 2.75) is 38.6 Å². The smallest absolute Gasteiger partial charge is 0.100 e. The Bertz CT molecular complexity index is 387. The number of hydrogen-bond acceptors (Lipinski definition) is 4. The summed E-state index contributed by atoms with van der Waals surface area (Å²) in [4.78, 5) is 0. The van der Waals surface area contributed by atoms with Gasteiger partial charge in [0.2, 0.25) is 0 Å². The van der Waals surface area contributed by atoms with E-state index in [-0.39, 0.29) is 0 Å². The summed E-state index contributed by atoms with van der Waals surface area (Å²) in [5, 5.41) is 17.0. The van der Waals surface area contributed by atoms with Crippen molar-refractivity contribution in [3.8, 4) is 6.07 Å². The topological polar surface area (TPSA) is 63.7 Å². The first-order valence-electron chi connectivity index (χ1n) is 5.73. The zero-order chi connectivity index (χ0) is 11.4. The van der Waals surface area contributed by atoms with Crippen molar-refractivity contribution in [2.24, 2.45) is 0 Å². The van der Waals surface area contributed by atoms with Crippen molar-refractivity contribution in [3.63, 3.8) is 0 Å². The number of nitrogens with zero attached hydrogens (tertiary/aromatic N) is 4. The first-order chi connectivity index (χ1) is 7.86. The lowest BCUT2D eigenvalue weighted by Gasteiger charge is -2.11. The molecule has 0 saturated carbocycles. The third-order valence-corrected chi connectivity index (χ3v) is 2.85. The molecule has 1 unspecified atom stereocenters. The monoisotopic (exact) mass is 220 g/mol. The van der Waals surface area contributed by atoms with Gasteiger partial charge in [0.05, 0.1) is 24.8 Å². The van der Waals surface area contributed by atoms with Crippen LogP contribution in [0, 0.1) is 11.3 Å². The first-order valence-corrected chi connectivity index (χ1v) is 5.73. The van der Waals surface area contributed by atoms with Gasteiger partial charge in [0.25, 0.3) is 0 Å². The molecule has 86 valence electrons. The van der Waals surface area contributed by atoms with Crippen LogP contribution in [0.25, 0.3) is 0 Å². The minimum absolute atomic E-state index is 0.343. The number of aryl methyl sites for hydroxylation is 1. The molecule has 0 N–H and O–H groups in total. The van der Waals surface area contributed by atoms with Crippen molar-refractivity contribution in [1.29, 1.82) is 5.26 Å². The van der Waals surface area contributed by atoms with Gasteiger partial charge in [-0.1, -0.05) is 12.1 Å². The third-order valence-electron chi connectivity index (χ3n) is 2.85. The Morgan fingerprint density at radius 2 is 2.50 bits per heavy atom. The number of hydrogen-bond donors (Lipinski definition) is 0. The van der Waals surface area contributed by atoms with Crippen LogP contribution in [0.5, 0.6) is 0 Å². The van der Waals surface area contributed by atoms with E-state index in [0.29, 0.717) is 12.3 Å². The summed E-state index contributed by atoms with van der Waals surface area (Å²) in [5.41, 5.74) is 1.94. The summed E-state index contributed by atoms with van der Waals surface area (Å²) in [7, 11) is 0. The van der Waals surface area contributed by atoms with Crippen molar-refractivity contribution >= 4 is 0 Å². The molecule has 0 radical (unpaired) electrons. The lowest BCUT2D eigenvalue weighted by atomic mass is 10.0. The van der Waals surface area contributed by atoms with Gasteiger partial charge in [0.1, 0.15) is 5.69 Å². The molecule has 1 saturated heterocycles. The highest BCUT2D eigenvalue weighted by molar-refractivity contribution is 5.19. The van der Waals surface area contributed by atoms with Gasteiger partial charge in [-0.15, -0.1) is 5.10 Å². The lowest BCUT2D eigenvalue weighted by Crippen LogP contribution is -2.11. The van der Waals surface area contributed by atoms with Crippen LogP contribution in [0.4, 0.5) is 0 Å². The molecule has 2 heterocycles. The van der Waals surface area contributed by atoms with E-state index in [2.05, 4.69) is 23.3 Å². The van der Waals surface area contributed by atoms with E-state index in [9.17, 15) is 0 Å². The van der Waals surface area contributed by atoms with Crippen molar-refractivity contribution in [3.05, 3.63) is 11.4 Å². The highest BCUT2D eigenvalue weighted by atomic mass is 16.5. The Labute approximate surface area is 95.0 Å². The Morgan fingerprint density at radius 3 is 3.12 bits per heavy atom. The average Bonchev–Trinajstić information content (AvgIpc) is 2.88. The van der Waals surface area contributed by atoms with Gasteiger partial charge in [-0.3, -0.25) is 0 Å². The van der Waals surface area contributed by atoms with Gasteiger partial charge < -0.3 is 4.74 Å². The van der Waals surface area contributed by atoms with E-state index >= 15 is 0 Å². The molecule has 2 rings (SSSR count). The molecule has 1 aromatic rings. The lowest BCUT2D eigenvalue weighted by molar-refractivity contribution is 0.193. The zero-order valence-electron chi connectivity index (χ0n) is 9.52. The normalized spacial score (nSPS) is 19.9. The maximum absolute atomic E-state index is 8.77. The van der Waals surface area contributed by atoms with Gasteiger partial charge in [-0.2, -0.15) is 5.26 Å². The van der Waals surface area contributed by atoms with E-state index in [1.54, 1.807) is 0 Å². The van der Waals surface area contributed by atoms with Gasteiger partial charge in [-0.05, 0) is 12.8 Å². The minimum Gasteiger partial charge on any atom is -0.381 e. The van der Waals surface area contributed by atoms with Gasteiger partial charge >= 0.3 is 0 Å². The fourth-order valence-corrected chi connectivity index (χ4v) is 2.13. The predicted octanol–water partition coefficient (Wildman–Crippen LogP) is 1.26. The Hall–Kier alpha value is -1.41. The third kappa shape index (κ3) is 2.07. The molecule has 5 nitrogen and oxygen atoms in total. The second-order valence-electron chi connectivity index (χ2n) is 4.04. The summed E-state index contributed by atoms with van der Waals surface area (Å²) < 4.78 is 7.33. The van der Waals surface area contributed by atoms with Crippen LogP contribution in [-0.4, -0.2) is 28.2 Å². The quantitative estimate of drug-likeness (QED) is 0.766. The fourth-order valence-electron chi connectivity index (χ4n) is 2.13. The van der Waals surface area contributed by atoms with Crippen LogP contribution < -0.4 is 0 Å². The molecule has 1 atom stereocenters. The second-order valence-corrected chi connectivity index (χ2v) is 4.04. The summed E-state index contributed by atoms with van der Waals surface area (Å²) in [6.07, 6.45) is 2.38. The molecule has 0 spiro atoms. The molecule has 1 fully saturated rings. The number of ether oxygens (including phenoxy) is 1. The summed E-state index contributed by atoms with van der Waals surface area (Å²) >= 11 is 0. The van der Waals surface area contributed by atoms with Crippen molar-refractivity contribution in [2.75, 3.05) is 13.2 Å². The number of aromatic nitrogens is 3. The molecule has 0 aromatic carbocycles. The van der Waals surface area contributed by atoms with Crippen LogP contribution >= 0.6 is 0 Å². The SMILES string of the molecule is CCCn1nnc(CC#N)c1C1CCOC1. The highest BCUT2D eigenvalue weighted by Gasteiger charge is 2.25. The maximum atomic E-state index is 8.77. The molecule has 16 heavy (non-hydrogen) atoms. The average molecular weight is 220 g/mol. The van der Waals surface area contributed by atoms with E-state index in [4.69, 9.17) is 10.00 Å². The molecule has 0 amide bonds. The second kappa shape index (κ2) is 5.08. The maximum Gasteiger partial charge on any atom is 0.100 e. The minimum atomic E-state index is 0.343. The molecule has 1 aliphatic heterocycles. The van der Waals surface area contributed by atoms with Gasteiger partial charge in [0.15, 0.2) is 0 Å². The van der Waals surface area contributed by atoms with Crippen LogP contribution in [0.15, 0.2) is 0 Å². The Morgan fingerprint density at radius 1 is 1.62 bits per heavy atom. The van der Waals surface area contributed by atoms with Crippen molar-refractivity contribution in [1.82, 2.24) is 15.0 Å². The Balaban J connectivity index is 2.28. The molecule has 0 bridgehead atoms. The Kier molecular flexibility index (Phi) is 3.52. The van der Waals surface area contributed by atoms with E-state index < -0.39 is 0 Å². The van der Waals surface area contributed by atoms with E-state index in [0.717, 1.165) is 44.0 Å². The van der Waals surface area contributed by atoms with Gasteiger partial charge in [-0.25, -0.2) is 4.68 Å². The molecule has 5 heteroatoms. The highest BCUT2D eigenvalue weighted by Crippen LogP contribution is 2.27. The van der Waals surface area contributed by atoms with Crippen LogP contribution in [0.1, 0.15) is 37.1 Å². The first kappa shape index (κ1) is 11.1.